The number of hydrogen-bond donors (Lipinski definition) is 1. The molecule has 25 heavy (non-hydrogen) atoms. The van der Waals surface area contributed by atoms with Gasteiger partial charge in [0.1, 0.15) is 5.52 Å². The highest BCUT2D eigenvalue weighted by Gasteiger charge is 2.07. The molecule has 4 nitrogen and oxygen atoms in total. The van der Waals surface area contributed by atoms with E-state index in [4.69, 9.17) is 0 Å². The minimum Gasteiger partial charge on any atom is -0.321 e. The van der Waals surface area contributed by atoms with Gasteiger partial charge in [0.05, 0.1) is 22.2 Å². The Bertz CT molecular complexity index is 1090. The minimum atomic E-state index is -0.202. The van der Waals surface area contributed by atoms with Crippen LogP contribution in [0.2, 0.25) is 0 Å². The largest absolute Gasteiger partial charge is 0.321 e. The van der Waals surface area contributed by atoms with Gasteiger partial charge in [0.15, 0.2) is 0 Å². The Kier molecular flexibility index (Phi) is 3.92. The molecule has 1 N–H and O–H groups in total. The Hall–Kier alpha value is -3.53. The fraction of sp³-hybridized carbons (Fsp3) is 0. The molecule has 0 fully saturated rings. The molecule has 0 unspecified atom stereocenters. The molecule has 3 aromatic carbocycles. The number of fused-ring (bicyclic) bond motifs is 2. The van der Waals surface area contributed by atoms with Crippen LogP contribution < -0.4 is 5.32 Å². The van der Waals surface area contributed by atoms with Crippen LogP contribution in [0.3, 0.4) is 0 Å². The Morgan fingerprint density at radius 1 is 0.760 bits per heavy atom. The lowest BCUT2D eigenvalue weighted by molar-refractivity contribution is -0.111. The normalized spacial score (nSPS) is 11.2. The number of hydrogen-bond acceptors (Lipinski definition) is 3. The van der Waals surface area contributed by atoms with Gasteiger partial charge in [-0.1, -0.05) is 48.5 Å². The fourth-order valence-electron chi connectivity index (χ4n) is 2.65. The molecule has 1 amide bonds. The van der Waals surface area contributed by atoms with Gasteiger partial charge in [-0.05, 0) is 35.9 Å². The number of aromatic nitrogens is 2. The number of anilines is 1. The smallest absolute Gasteiger partial charge is 0.248 e. The maximum Gasteiger partial charge on any atom is 0.248 e. The molecule has 0 aliphatic carbocycles. The van der Waals surface area contributed by atoms with Gasteiger partial charge < -0.3 is 5.32 Å². The summed E-state index contributed by atoms with van der Waals surface area (Å²) in [7, 11) is 0. The summed E-state index contributed by atoms with van der Waals surface area (Å²) in [6.07, 6.45) is 3.30. The second kappa shape index (κ2) is 6.53. The van der Waals surface area contributed by atoms with E-state index in [1.165, 1.54) is 6.08 Å². The van der Waals surface area contributed by atoms with Crippen LogP contribution in [0.25, 0.3) is 28.1 Å². The van der Waals surface area contributed by atoms with E-state index < -0.39 is 0 Å². The summed E-state index contributed by atoms with van der Waals surface area (Å²) < 4.78 is 0. The molecule has 4 rings (SSSR count). The maximum atomic E-state index is 12.2. The third-order valence-electron chi connectivity index (χ3n) is 3.85. The van der Waals surface area contributed by atoms with Crippen LogP contribution in [0, 0.1) is 0 Å². The molecular weight excluding hydrogens is 310 g/mol. The molecule has 1 heterocycles. The van der Waals surface area contributed by atoms with Crippen molar-refractivity contribution in [3.63, 3.8) is 0 Å². The quantitative estimate of drug-likeness (QED) is 0.448. The molecule has 120 valence electrons. The second-order valence-corrected chi connectivity index (χ2v) is 5.62. The lowest BCUT2D eigenvalue weighted by atomic mass is 10.2. The zero-order valence-corrected chi connectivity index (χ0v) is 13.4. The van der Waals surface area contributed by atoms with Crippen molar-refractivity contribution >= 4 is 39.7 Å². The van der Waals surface area contributed by atoms with Crippen LogP contribution in [-0.4, -0.2) is 15.9 Å². The summed E-state index contributed by atoms with van der Waals surface area (Å²) in [6, 6.07) is 23.0. The summed E-state index contributed by atoms with van der Waals surface area (Å²) in [4.78, 5) is 21.5. The Morgan fingerprint density at radius 3 is 2.24 bits per heavy atom. The van der Waals surface area contributed by atoms with Crippen molar-refractivity contribution in [3.8, 4) is 0 Å². The SMILES string of the molecule is O=C(/C=C/c1ccccc1)Nc1cccc2nc3ccccc3nc12. The summed E-state index contributed by atoms with van der Waals surface area (Å²) in [5, 5.41) is 2.89. The number of carbonyl (C=O) groups is 1. The van der Waals surface area contributed by atoms with Crippen molar-refractivity contribution in [2.45, 2.75) is 0 Å². The summed E-state index contributed by atoms with van der Waals surface area (Å²) in [5.74, 6) is -0.202. The van der Waals surface area contributed by atoms with Crippen molar-refractivity contribution in [2.24, 2.45) is 0 Å². The molecule has 0 bridgehead atoms. The minimum absolute atomic E-state index is 0.202. The molecular formula is C21H15N3O. The van der Waals surface area contributed by atoms with Gasteiger partial charge in [0.25, 0.3) is 0 Å². The monoisotopic (exact) mass is 325 g/mol. The zero-order chi connectivity index (χ0) is 17.1. The maximum absolute atomic E-state index is 12.2. The van der Waals surface area contributed by atoms with E-state index in [2.05, 4.69) is 15.3 Å². The lowest BCUT2D eigenvalue weighted by Crippen LogP contribution is -2.08. The summed E-state index contributed by atoms with van der Waals surface area (Å²) in [6.45, 7) is 0. The van der Waals surface area contributed by atoms with Gasteiger partial charge in [0.2, 0.25) is 5.91 Å². The van der Waals surface area contributed by atoms with Crippen LogP contribution in [0.5, 0.6) is 0 Å². The molecule has 4 heteroatoms. The van der Waals surface area contributed by atoms with E-state index >= 15 is 0 Å². The van der Waals surface area contributed by atoms with Crippen molar-refractivity contribution in [3.05, 3.63) is 84.4 Å². The highest BCUT2D eigenvalue weighted by molar-refractivity contribution is 6.06. The van der Waals surface area contributed by atoms with Gasteiger partial charge >= 0.3 is 0 Å². The average Bonchev–Trinajstić information content (AvgIpc) is 2.66. The number of carbonyl (C=O) groups excluding carboxylic acids is 1. The van der Waals surface area contributed by atoms with Gasteiger partial charge in [0, 0.05) is 6.08 Å². The Labute approximate surface area is 144 Å². The van der Waals surface area contributed by atoms with Crippen LogP contribution in [0.4, 0.5) is 5.69 Å². The first-order valence-electron chi connectivity index (χ1n) is 7.99. The van der Waals surface area contributed by atoms with Gasteiger partial charge in [-0.2, -0.15) is 0 Å². The molecule has 0 aliphatic rings. The van der Waals surface area contributed by atoms with E-state index in [1.54, 1.807) is 6.08 Å². The average molecular weight is 325 g/mol. The predicted octanol–water partition coefficient (Wildman–Crippen LogP) is 4.43. The molecule has 0 radical (unpaired) electrons. The lowest BCUT2D eigenvalue weighted by Gasteiger charge is -2.07. The Morgan fingerprint density at radius 2 is 1.44 bits per heavy atom. The van der Waals surface area contributed by atoms with E-state index in [0.29, 0.717) is 11.2 Å². The van der Waals surface area contributed by atoms with Crippen LogP contribution in [-0.2, 0) is 4.79 Å². The predicted molar refractivity (Wildman–Crippen MR) is 101 cm³/mol. The number of amides is 1. The molecule has 0 saturated carbocycles. The molecule has 0 spiro atoms. The van der Waals surface area contributed by atoms with Gasteiger partial charge in [-0.3, -0.25) is 4.79 Å². The first kappa shape index (κ1) is 15.0. The standard InChI is InChI=1S/C21H15N3O/c25-20(14-13-15-7-2-1-3-8-15)23-19-12-6-11-18-21(19)24-17-10-5-4-9-16(17)22-18/h1-14H,(H,23,25)/b14-13+. The van der Waals surface area contributed by atoms with Crippen molar-refractivity contribution in [2.75, 3.05) is 5.32 Å². The second-order valence-electron chi connectivity index (χ2n) is 5.62. The molecule has 0 atom stereocenters. The van der Waals surface area contributed by atoms with E-state index in [1.807, 2.05) is 72.8 Å². The fourth-order valence-corrected chi connectivity index (χ4v) is 2.65. The molecule has 0 aliphatic heterocycles. The van der Waals surface area contributed by atoms with Crippen molar-refractivity contribution < 1.29 is 4.79 Å². The Balaban J connectivity index is 1.65. The van der Waals surface area contributed by atoms with Crippen LogP contribution >= 0.6 is 0 Å². The first-order valence-corrected chi connectivity index (χ1v) is 7.99. The number of nitrogens with one attached hydrogen (secondary N) is 1. The van der Waals surface area contributed by atoms with Crippen LogP contribution in [0.15, 0.2) is 78.9 Å². The highest BCUT2D eigenvalue weighted by atomic mass is 16.1. The summed E-state index contributed by atoms with van der Waals surface area (Å²) >= 11 is 0. The van der Waals surface area contributed by atoms with E-state index in [-0.39, 0.29) is 5.91 Å². The van der Waals surface area contributed by atoms with Crippen molar-refractivity contribution in [1.82, 2.24) is 9.97 Å². The highest BCUT2D eigenvalue weighted by Crippen LogP contribution is 2.23. The third-order valence-corrected chi connectivity index (χ3v) is 3.85. The molecule has 0 saturated heterocycles. The van der Waals surface area contributed by atoms with Crippen LogP contribution in [0.1, 0.15) is 5.56 Å². The zero-order valence-electron chi connectivity index (χ0n) is 13.4. The van der Waals surface area contributed by atoms with Crippen molar-refractivity contribution in [1.29, 1.82) is 0 Å². The topological polar surface area (TPSA) is 54.9 Å². The van der Waals surface area contributed by atoms with E-state index in [9.17, 15) is 4.79 Å². The van der Waals surface area contributed by atoms with Gasteiger partial charge in [-0.15, -0.1) is 0 Å². The number of benzene rings is 3. The number of para-hydroxylation sites is 3. The molecule has 4 aromatic rings. The number of nitrogens with zero attached hydrogens (tertiary/aromatic N) is 2. The van der Waals surface area contributed by atoms with Gasteiger partial charge in [-0.25, -0.2) is 9.97 Å². The third kappa shape index (κ3) is 3.23. The number of rotatable bonds is 3. The summed E-state index contributed by atoms with van der Waals surface area (Å²) in [5.41, 5.74) is 4.70. The first-order chi connectivity index (χ1) is 12.3. The van der Waals surface area contributed by atoms with E-state index in [0.717, 1.165) is 22.1 Å². The molecule has 1 aromatic heterocycles.